The molecule has 0 radical (unpaired) electrons. The van der Waals surface area contributed by atoms with Gasteiger partial charge in [-0.1, -0.05) is 24.7 Å². The largest absolute Gasteiger partial charge is 0.344 e. The highest BCUT2D eigenvalue weighted by Crippen LogP contribution is 2.28. The molecule has 106 valence electrons. The first-order valence-electron chi connectivity index (χ1n) is 7.65. The standard InChI is InChI=1S/C14H24N4S/c1-2-4-13-15-16-14(19-13)18-9-7-17(8-10-18)11-12-5-3-6-12/h12H,2-11H2,1H3. The van der Waals surface area contributed by atoms with Gasteiger partial charge in [-0.2, -0.15) is 0 Å². The lowest BCUT2D eigenvalue weighted by Gasteiger charge is -2.38. The highest BCUT2D eigenvalue weighted by molar-refractivity contribution is 7.15. The topological polar surface area (TPSA) is 32.3 Å². The number of piperazine rings is 1. The number of hydrogen-bond acceptors (Lipinski definition) is 5. The number of nitrogens with zero attached hydrogens (tertiary/aromatic N) is 4. The van der Waals surface area contributed by atoms with Gasteiger partial charge in [0.05, 0.1) is 0 Å². The van der Waals surface area contributed by atoms with E-state index in [0.29, 0.717) is 0 Å². The average molecular weight is 280 g/mol. The van der Waals surface area contributed by atoms with Crippen LogP contribution >= 0.6 is 11.3 Å². The van der Waals surface area contributed by atoms with E-state index in [1.165, 1.54) is 43.9 Å². The smallest absolute Gasteiger partial charge is 0.208 e. The maximum Gasteiger partial charge on any atom is 0.208 e. The summed E-state index contributed by atoms with van der Waals surface area (Å²) in [6.45, 7) is 8.14. The molecular formula is C14H24N4S. The van der Waals surface area contributed by atoms with Crippen LogP contribution in [0, 0.1) is 5.92 Å². The van der Waals surface area contributed by atoms with Gasteiger partial charge < -0.3 is 4.90 Å². The quantitative estimate of drug-likeness (QED) is 0.829. The van der Waals surface area contributed by atoms with Crippen molar-refractivity contribution in [2.24, 2.45) is 5.92 Å². The minimum Gasteiger partial charge on any atom is -0.344 e. The molecule has 0 aromatic carbocycles. The van der Waals surface area contributed by atoms with Crippen LogP contribution < -0.4 is 4.90 Å². The van der Waals surface area contributed by atoms with Crippen molar-refractivity contribution in [1.82, 2.24) is 15.1 Å². The van der Waals surface area contributed by atoms with Crippen LogP contribution in [0.4, 0.5) is 5.13 Å². The van der Waals surface area contributed by atoms with Gasteiger partial charge >= 0.3 is 0 Å². The fraction of sp³-hybridized carbons (Fsp3) is 0.857. The Morgan fingerprint density at radius 1 is 1.16 bits per heavy atom. The second-order valence-corrected chi connectivity index (χ2v) is 6.85. The molecule has 0 amide bonds. The second-order valence-electron chi connectivity index (χ2n) is 5.81. The molecule has 3 rings (SSSR count). The lowest BCUT2D eigenvalue weighted by atomic mass is 9.85. The predicted octanol–water partition coefficient (Wildman–Crippen LogP) is 2.41. The van der Waals surface area contributed by atoms with E-state index in [2.05, 4.69) is 26.9 Å². The molecular weight excluding hydrogens is 256 g/mol. The third-order valence-electron chi connectivity index (χ3n) is 4.30. The highest BCUT2D eigenvalue weighted by atomic mass is 32.1. The second kappa shape index (κ2) is 6.18. The van der Waals surface area contributed by atoms with Crippen LogP contribution in [0.25, 0.3) is 0 Å². The first-order valence-corrected chi connectivity index (χ1v) is 8.46. The van der Waals surface area contributed by atoms with Crippen LogP contribution in [0.2, 0.25) is 0 Å². The molecule has 2 fully saturated rings. The van der Waals surface area contributed by atoms with E-state index < -0.39 is 0 Å². The van der Waals surface area contributed by atoms with Gasteiger partial charge in [0.25, 0.3) is 0 Å². The fourth-order valence-corrected chi connectivity index (χ4v) is 3.84. The average Bonchev–Trinajstić information content (AvgIpc) is 2.84. The summed E-state index contributed by atoms with van der Waals surface area (Å²) >= 11 is 1.78. The third kappa shape index (κ3) is 3.26. The van der Waals surface area contributed by atoms with Crippen LogP contribution in [0.15, 0.2) is 0 Å². The van der Waals surface area contributed by atoms with Gasteiger partial charge in [0, 0.05) is 39.1 Å². The van der Waals surface area contributed by atoms with E-state index in [-0.39, 0.29) is 0 Å². The SMILES string of the molecule is CCCc1nnc(N2CCN(CC3CCC3)CC2)s1. The molecule has 0 spiro atoms. The zero-order valence-electron chi connectivity index (χ0n) is 11.8. The number of rotatable bonds is 5. The van der Waals surface area contributed by atoms with Gasteiger partial charge in [-0.3, -0.25) is 4.90 Å². The summed E-state index contributed by atoms with van der Waals surface area (Å²) in [7, 11) is 0. The summed E-state index contributed by atoms with van der Waals surface area (Å²) < 4.78 is 0. The van der Waals surface area contributed by atoms with Crippen molar-refractivity contribution in [2.75, 3.05) is 37.6 Å². The molecule has 2 aliphatic rings. The van der Waals surface area contributed by atoms with E-state index in [9.17, 15) is 0 Å². The highest BCUT2D eigenvalue weighted by Gasteiger charge is 2.24. The maximum absolute atomic E-state index is 4.35. The molecule has 4 nitrogen and oxygen atoms in total. The first-order chi connectivity index (χ1) is 9.35. The minimum absolute atomic E-state index is 0.990. The van der Waals surface area contributed by atoms with Crippen molar-refractivity contribution in [2.45, 2.75) is 39.0 Å². The number of anilines is 1. The molecule has 0 unspecified atom stereocenters. The Kier molecular flexibility index (Phi) is 4.33. The molecule has 1 aliphatic carbocycles. The van der Waals surface area contributed by atoms with Crippen molar-refractivity contribution in [1.29, 1.82) is 0 Å². The molecule has 1 saturated carbocycles. The predicted molar refractivity (Wildman–Crippen MR) is 79.9 cm³/mol. The Bertz CT molecular complexity index is 394. The van der Waals surface area contributed by atoms with Crippen LogP contribution in [0.3, 0.4) is 0 Å². The molecule has 19 heavy (non-hydrogen) atoms. The van der Waals surface area contributed by atoms with Crippen molar-refractivity contribution in [3.63, 3.8) is 0 Å². The van der Waals surface area contributed by atoms with Crippen molar-refractivity contribution in [3.05, 3.63) is 5.01 Å². The zero-order valence-corrected chi connectivity index (χ0v) is 12.7. The molecule has 0 atom stereocenters. The summed E-state index contributed by atoms with van der Waals surface area (Å²) in [5, 5.41) is 11.0. The number of aromatic nitrogens is 2. The monoisotopic (exact) mass is 280 g/mol. The van der Waals surface area contributed by atoms with Crippen molar-refractivity contribution >= 4 is 16.5 Å². The van der Waals surface area contributed by atoms with E-state index >= 15 is 0 Å². The summed E-state index contributed by atoms with van der Waals surface area (Å²) in [5.74, 6) is 0.990. The zero-order chi connectivity index (χ0) is 13.1. The van der Waals surface area contributed by atoms with Gasteiger partial charge in [-0.15, -0.1) is 10.2 Å². The van der Waals surface area contributed by atoms with Crippen LogP contribution in [0.1, 0.15) is 37.6 Å². The van der Waals surface area contributed by atoms with Gasteiger partial charge in [0.2, 0.25) is 5.13 Å². The summed E-state index contributed by atoms with van der Waals surface area (Å²) in [6, 6.07) is 0. The number of hydrogen-bond donors (Lipinski definition) is 0. The summed E-state index contributed by atoms with van der Waals surface area (Å²) in [6.07, 6.45) is 6.59. The van der Waals surface area contributed by atoms with Crippen LogP contribution in [-0.4, -0.2) is 47.8 Å². The van der Waals surface area contributed by atoms with Gasteiger partial charge in [-0.25, -0.2) is 0 Å². The van der Waals surface area contributed by atoms with Gasteiger partial charge in [-0.05, 0) is 25.2 Å². The molecule has 0 bridgehead atoms. The van der Waals surface area contributed by atoms with Gasteiger partial charge in [0.15, 0.2) is 0 Å². The van der Waals surface area contributed by atoms with Crippen molar-refractivity contribution in [3.8, 4) is 0 Å². The molecule has 1 aromatic rings. The van der Waals surface area contributed by atoms with Crippen molar-refractivity contribution < 1.29 is 0 Å². The molecule has 5 heteroatoms. The van der Waals surface area contributed by atoms with E-state index in [1.54, 1.807) is 11.3 Å². The normalized spacial score (nSPS) is 21.6. The lowest BCUT2D eigenvalue weighted by Crippen LogP contribution is -2.48. The maximum atomic E-state index is 4.35. The van der Waals surface area contributed by atoms with Crippen LogP contribution in [-0.2, 0) is 6.42 Å². The molecule has 1 aliphatic heterocycles. The molecule has 1 aromatic heterocycles. The molecule has 0 N–H and O–H groups in total. The summed E-state index contributed by atoms with van der Waals surface area (Å²) in [5.41, 5.74) is 0. The Morgan fingerprint density at radius 2 is 1.95 bits per heavy atom. The Labute approximate surface area is 119 Å². The molecule has 2 heterocycles. The fourth-order valence-electron chi connectivity index (χ4n) is 2.85. The summed E-state index contributed by atoms with van der Waals surface area (Å²) in [4.78, 5) is 5.04. The van der Waals surface area contributed by atoms with E-state index in [4.69, 9.17) is 0 Å². The van der Waals surface area contributed by atoms with E-state index in [0.717, 1.165) is 37.0 Å². The van der Waals surface area contributed by atoms with Crippen LogP contribution in [0.5, 0.6) is 0 Å². The first kappa shape index (κ1) is 13.3. The molecule has 1 saturated heterocycles. The number of aryl methyl sites for hydroxylation is 1. The Hall–Kier alpha value is -0.680. The Morgan fingerprint density at radius 3 is 2.58 bits per heavy atom. The van der Waals surface area contributed by atoms with E-state index in [1.807, 2.05) is 0 Å². The third-order valence-corrected chi connectivity index (χ3v) is 5.35. The lowest BCUT2D eigenvalue weighted by molar-refractivity contribution is 0.170. The Balaban J connectivity index is 1.48. The van der Waals surface area contributed by atoms with Gasteiger partial charge in [0.1, 0.15) is 5.01 Å². The minimum atomic E-state index is 0.990.